The molecule has 0 radical (unpaired) electrons. The number of aryl methyl sites for hydroxylation is 1. The van der Waals surface area contributed by atoms with Gasteiger partial charge >= 0.3 is 18.4 Å². The second-order valence-corrected chi connectivity index (χ2v) is 23.2. The van der Waals surface area contributed by atoms with Crippen molar-refractivity contribution in [3.8, 4) is 22.3 Å². The number of para-hydroxylation sites is 1. The molecule has 2 heterocycles. The van der Waals surface area contributed by atoms with Crippen LogP contribution in [-0.4, -0.2) is 141 Å². The number of halogens is 6. The molecule has 0 bridgehead atoms. The number of anilines is 4. The Labute approximate surface area is 521 Å². The van der Waals surface area contributed by atoms with Crippen LogP contribution >= 0.6 is 0 Å². The number of carbonyl (C=O) groups excluding carboxylic acids is 5. The van der Waals surface area contributed by atoms with Crippen LogP contribution in [0.1, 0.15) is 81.6 Å². The molecule has 5 amide bonds. The summed E-state index contributed by atoms with van der Waals surface area (Å²) in [5, 5.41) is 6.29. The van der Waals surface area contributed by atoms with Crippen LogP contribution in [0.3, 0.4) is 0 Å². The summed E-state index contributed by atoms with van der Waals surface area (Å²) in [7, 11) is 8.18. The Bertz CT molecular complexity index is 3620. The van der Waals surface area contributed by atoms with E-state index in [0.717, 1.165) is 41.0 Å². The van der Waals surface area contributed by atoms with Crippen LogP contribution in [0.25, 0.3) is 22.3 Å². The third-order valence-corrected chi connectivity index (χ3v) is 16.3. The Balaban J connectivity index is 0.760. The van der Waals surface area contributed by atoms with Crippen molar-refractivity contribution in [1.29, 1.82) is 0 Å². The molecule has 2 N–H and O–H groups in total. The summed E-state index contributed by atoms with van der Waals surface area (Å²) in [6, 6.07) is 42.1. The van der Waals surface area contributed by atoms with Crippen molar-refractivity contribution in [3.63, 3.8) is 0 Å². The molecule has 1 aliphatic heterocycles. The lowest BCUT2D eigenvalue weighted by molar-refractivity contribution is -0.143. The first kappa shape index (κ1) is 66.7. The number of hydrogen-bond acceptors (Lipinski definition) is 10. The van der Waals surface area contributed by atoms with E-state index in [4.69, 9.17) is 4.74 Å². The fourth-order valence-corrected chi connectivity index (χ4v) is 10.7. The van der Waals surface area contributed by atoms with Gasteiger partial charge in [0, 0.05) is 109 Å². The number of ether oxygens (including phenoxy) is 1. The van der Waals surface area contributed by atoms with E-state index >= 15 is 0 Å². The predicted octanol–water partition coefficient (Wildman–Crippen LogP) is 13.2. The molecular formula is C69H75F6N9O6. The number of aromatic nitrogens is 1. The summed E-state index contributed by atoms with van der Waals surface area (Å²) in [6.45, 7) is 8.15. The summed E-state index contributed by atoms with van der Waals surface area (Å²) in [5.74, 6) is -0.979. The molecular weight excluding hydrogens is 1160 g/mol. The van der Waals surface area contributed by atoms with E-state index in [0.29, 0.717) is 97.9 Å². The predicted molar refractivity (Wildman–Crippen MR) is 338 cm³/mol. The number of rotatable bonds is 22. The normalized spacial score (nSPS) is 13.0. The van der Waals surface area contributed by atoms with E-state index in [1.54, 1.807) is 78.1 Å². The van der Waals surface area contributed by atoms with Gasteiger partial charge in [-0.2, -0.15) is 26.3 Å². The van der Waals surface area contributed by atoms with Gasteiger partial charge in [-0.05, 0) is 135 Å². The van der Waals surface area contributed by atoms with Gasteiger partial charge in [0.25, 0.3) is 11.8 Å². The standard InChI is InChI=1S/C69H75F6N9O6/c1-46-17-12-13-20-56(46)58-42-61(77-44-60(58)83(8)65(88)67(2,3)51-39-52(68(70,71)72)41-53(40-51)69(73,74)75)82(7)45-62(85)79(4)33-16-34-80(5)63(86)50-27-29-54(30-28-50)76-43-47-23-25-49(26-24-47)64(87)81(6)37-38-84-35-31-55(32-36-84)90-66(89)78-59-22-15-14-21-57(59)48-18-10-9-11-19-48/h9-15,17-30,39-42,44,55,76H,16,31-38,43,45H2,1-8H3,(H,78,89). The number of amides is 5. The lowest BCUT2D eigenvalue weighted by Crippen LogP contribution is -2.42. The Morgan fingerprint density at radius 2 is 1.17 bits per heavy atom. The van der Waals surface area contributed by atoms with Gasteiger partial charge in [-0.3, -0.25) is 24.5 Å². The topological polar surface area (TPSA) is 151 Å². The van der Waals surface area contributed by atoms with E-state index in [2.05, 4.69) is 20.5 Å². The number of nitrogens with zero attached hydrogens (tertiary/aromatic N) is 7. The first-order chi connectivity index (χ1) is 42.7. The van der Waals surface area contributed by atoms with Gasteiger partial charge in [-0.25, -0.2) is 9.78 Å². The highest BCUT2D eigenvalue weighted by Crippen LogP contribution is 2.42. The van der Waals surface area contributed by atoms with Crippen molar-refractivity contribution in [2.75, 3.05) is 101 Å². The number of piperidine rings is 1. The molecule has 1 fully saturated rings. The number of hydrogen-bond donors (Lipinski definition) is 2. The van der Waals surface area contributed by atoms with Crippen LogP contribution in [0.5, 0.6) is 0 Å². The highest BCUT2D eigenvalue weighted by molar-refractivity contribution is 6.03. The van der Waals surface area contributed by atoms with Crippen LogP contribution < -0.4 is 20.4 Å². The Morgan fingerprint density at radius 1 is 0.622 bits per heavy atom. The molecule has 474 valence electrons. The number of likely N-dealkylation sites (tertiary alicyclic amines) is 1. The van der Waals surface area contributed by atoms with Crippen LogP contribution in [0.15, 0.2) is 158 Å². The van der Waals surface area contributed by atoms with Crippen LogP contribution in [0.4, 0.5) is 54.0 Å². The first-order valence-corrected chi connectivity index (χ1v) is 29.6. The van der Waals surface area contributed by atoms with E-state index in [-0.39, 0.29) is 42.1 Å². The molecule has 90 heavy (non-hydrogen) atoms. The van der Waals surface area contributed by atoms with Crippen molar-refractivity contribution >= 4 is 52.6 Å². The van der Waals surface area contributed by atoms with Crippen molar-refractivity contribution in [1.82, 2.24) is 24.6 Å². The molecule has 0 spiro atoms. The number of nitrogens with one attached hydrogen (secondary N) is 2. The fourth-order valence-electron chi connectivity index (χ4n) is 10.7. The van der Waals surface area contributed by atoms with E-state index in [1.165, 1.54) is 32.0 Å². The Morgan fingerprint density at radius 3 is 1.78 bits per heavy atom. The number of carbonyl (C=O) groups is 5. The number of pyridine rings is 1. The maximum absolute atomic E-state index is 14.3. The minimum Gasteiger partial charge on any atom is -0.446 e. The number of benzene rings is 6. The molecule has 1 aliphatic rings. The van der Waals surface area contributed by atoms with Gasteiger partial charge in [0.05, 0.1) is 40.7 Å². The molecule has 0 aliphatic carbocycles. The minimum absolute atomic E-state index is 0.0236. The molecule has 15 nitrogen and oxygen atoms in total. The Hall–Kier alpha value is -9.24. The highest BCUT2D eigenvalue weighted by Gasteiger charge is 2.42. The molecule has 1 aromatic heterocycles. The molecule has 21 heteroatoms. The van der Waals surface area contributed by atoms with Gasteiger partial charge in [0.2, 0.25) is 11.8 Å². The molecule has 6 aromatic carbocycles. The first-order valence-electron chi connectivity index (χ1n) is 29.6. The third kappa shape index (κ3) is 16.9. The minimum atomic E-state index is -5.11. The van der Waals surface area contributed by atoms with Gasteiger partial charge in [-0.1, -0.05) is 84.9 Å². The van der Waals surface area contributed by atoms with Gasteiger partial charge in [-0.15, -0.1) is 0 Å². The smallest absolute Gasteiger partial charge is 0.416 e. The largest absolute Gasteiger partial charge is 0.446 e. The zero-order valence-electron chi connectivity index (χ0n) is 51.7. The average molecular weight is 1240 g/mol. The molecule has 1 saturated heterocycles. The molecule has 8 rings (SSSR count). The third-order valence-electron chi connectivity index (χ3n) is 16.3. The lowest BCUT2D eigenvalue weighted by Gasteiger charge is -2.32. The molecule has 7 aromatic rings. The SMILES string of the molecule is Cc1ccccc1-c1cc(N(C)CC(=O)N(C)CCCN(C)C(=O)c2ccc(NCc3ccc(C(=O)N(C)CCN4CCC(OC(=O)Nc5ccccc5-c5ccccc5)CC4)cc3)cc2)ncc1N(C)C(=O)C(C)(C)c1cc(C(F)(F)F)cc(C(F)(F)F)c1. The van der Waals surface area contributed by atoms with E-state index in [1.807, 2.05) is 110 Å². The van der Waals surface area contributed by atoms with Crippen LogP contribution in [-0.2, 0) is 38.6 Å². The zero-order valence-corrected chi connectivity index (χ0v) is 51.7. The van der Waals surface area contributed by atoms with Gasteiger partial charge in [0.1, 0.15) is 11.9 Å². The molecule has 0 saturated carbocycles. The van der Waals surface area contributed by atoms with Crippen molar-refractivity contribution in [2.45, 2.75) is 70.4 Å². The second kappa shape index (κ2) is 28.9. The number of likely N-dealkylation sites (N-methyl/N-ethyl adjacent to an activating group) is 4. The van der Waals surface area contributed by atoms with Crippen molar-refractivity contribution in [3.05, 3.63) is 197 Å². The lowest BCUT2D eigenvalue weighted by atomic mass is 9.81. The van der Waals surface area contributed by atoms with Crippen LogP contribution in [0, 0.1) is 6.92 Å². The quantitative estimate of drug-likeness (QED) is 0.0628. The van der Waals surface area contributed by atoms with Crippen LogP contribution in [0.2, 0.25) is 0 Å². The molecule has 0 unspecified atom stereocenters. The average Bonchev–Trinajstić information content (AvgIpc) is 0.816. The molecule has 0 atom stereocenters. The Kier molecular flexibility index (Phi) is 21.4. The maximum Gasteiger partial charge on any atom is 0.416 e. The summed E-state index contributed by atoms with van der Waals surface area (Å²) in [5.41, 5.74) is 2.20. The summed E-state index contributed by atoms with van der Waals surface area (Å²) < 4.78 is 89.0. The van der Waals surface area contributed by atoms with Crippen molar-refractivity contribution in [2.24, 2.45) is 0 Å². The van der Waals surface area contributed by atoms with E-state index < -0.39 is 46.5 Å². The van der Waals surface area contributed by atoms with Gasteiger partial charge < -0.3 is 39.5 Å². The maximum atomic E-state index is 14.3. The van der Waals surface area contributed by atoms with E-state index in [9.17, 15) is 50.3 Å². The number of alkyl halides is 6. The highest BCUT2D eigenvalue weighted by atomic mass is 19.4. The zero-order chi connectivity index (χ0) is 65.1. The summed E-state index contributed by atoms with van der Waals surface area (Å²) in [6.07, 6.45) is -7.64. The fraction of sp³-hybridized carbons (Fsp3) is 0.333. The van der Waals surface area contributed by atoms with Crippen molar-refractivity contribution < 1.29 is 55.1 Å². The second-order valence-electron chi connectivity index (χ2n) is 23.2. The monoisotopic (exact) mass is 1240 g/mol. The summed E-state index contributed by atoms with van der Waals surface area (Å²) in [4.78, 5) is 82.1. The van der Waals surface area contributed by atoms with Gasteiger partial charge in [0.15, 0.2) is 0 Å². The summed E-state index contributed by atoms with van der Waals surface area (Å²) >= 11 is 0.